The van der Waals surface area contributed by atoms with Gasteiger partial charge in [-0.3, -0.25) is 9.36 Å². The molecule has 1 aromatic rings. The Morgan fingerprint density at radius 2 is 1.72 bits per heavy atom. The zero-order valence-electron chi connectivity index (χ0n) is 19.0. The molecule has 0 aromatic heterocycles. The molecule has 1 aromatic carbocycles. The van der Waals surface area contributed by atoms with Crippen molar-refractivity contribution in [3.63, 3.8) is 0 Å². The van der Waals surface area contributed by atoms with E-state index in [4.69, 9.17) is 9.26 Å². The number of halogens is 1. The fraction of sp³-hybridized carbons (Fsp3) is 0.591. The average molecular weight is 428 g/mol. The molecule has 1 rings (SSSR count). The summed E-state index contributed by atoms with van der Waals surface area (Å²) < 4.78 is 42.0. The van der Waals surface area contributed by atoms with E-state index in [0.717, 1.165) is 23.3 Å². The highest BCUT2D eigenvalue weighted by Crippen LogP contribution is 2.43. The molecule has 0 saturated carbocycles. The number of carbonyl (C=O) groups is 1. The first-order chi connectivity index (χ1) is 13.1. The lowest BCUT2D eigenvalue weighted by Gasteiger charge is -2.29. The molecule has 0 saturated heterocycles. The maximum Gasteiger partial charge on any atom is 0.327 e. The van der Waals surface area contributed by atoms with Crippen LogP contribution in [0, 0.1) is 0 Å². The number of ether oxygens (including phenoxy) is 1. The van der Waals surface area contributed by atoms with Crippen LogP contribution in [0.25, 0.3) is 0 Å². The minimum absolute atomic E-state index is 0.184. The predicted octanol–water partition coefficient (Wildman–Crippen LogP) is 5.91. The lowest BCUT2D eigenvalue weighted by molar-refractivity contribution is -0.116. The van der Waals surface area contributed by atoms with Crippen LogP contribution in [0.3, 0.4) is 0 Å². The van der Waals surface area contributed by atoms with Crippen LogP contribution in [0.15, 0.2) is 24.3 Å². The van der Waals surface area contributed by atoms with Crippen LogP contribution in [0.4, 0.5) is 4.39 Å². The molecule has 0 radical (unpaired) electrons. The van der Waals surface area contributed by atoms with Crippen LogP contribution in [0.2, 0.25) is 0 Å². The standard InChI is InChI=1S/C22H34FO5P/c1-21(2,3)15-12-17(20(26-7)18(13-15)22(4,5)6)19(23)11-10-16(24)14-28-29(9,25)27-8/h10-13,19H,14H2,1-9H3. The minimum atomic E-state index is -3.26. The van der Waals surface area contributed by atoms with E-state index in [-0.39, 0.29) is 10.8 Å². The molecule has 0 amide bonds. The zero-order chi connectivity index (χ0) is 22.6. The van der Waals surface area contributed by atoms with Crippen molar-refractivity contribution in [2.24, 2.45) is 0 Å². The summed E-state index contributed by atoms with van der Waals surface area (Å²) in [4.78, 5) is 12.0. The topological polar surface area (TPSA) is 61.8 Å². The third kappa shape index (κ3) is 7.36. The Balaban J connectivity index is 3.27. The third-order valence-corrected chi connectivity index (χ3v) is 5.78. The van der Waals surface area contributed by atoms with Gasteiger partial charge in [0.25, 0.3) is 0 Å². The van der Waals surface area contributed by atoms with Crippen molar-refractivity contribution in [2.45, 2.75) is 58.5 Å². The molecule has 0 heterocycles. The van der Waals surface area contributed by atoms with Crippen molar-refractivity contribution in [3.05, 3.63) is 41.0 Å². The molecular formula is C22H34FO5P. The van der Waals surface area contributed by atoms with Gasteiger partial charge >= 0.3 is 7.60 Å². The summed E-state index contributed by atoms with van der Waals surface area (Å²) in [5.74, 6) is -0.0300. The highest BCUT2D eigenvalue weighted by Gasteiger charge is 2.28. The van der Waals surface area contributed by atoms with Crippen molar-refractivity contribution in [2.75, 3.05) is 27.5 Å². The molecule has 0 bridgehead atoms. The Hall–Kier alpha value is -1.49. The second-order valence-electron chi connectivity index (χ2n) is 9.10. The second kappa shape index (κ2) is 9.55. The van der Waals surface area contributed by atoms with Gasteiger partial charge in [0, 0.05) is 24.9 Å². The molecule has 0 aliphatic rings. The smallest absolute Gasteiger partial charge is 0.327 e. The Morgan fingerprint density at radius 3 is 2.17 bits per heavy atom. The predicted molar refractivity (Wildman–Crippen MR) is 115 cm³/mol. The normalized spacial score (nSPS) is 15.9. The van der Waals surface area contributed by atoms with E-state index in [1.807, 2.05) is 20.8 Å². The number of hydrogen-bond acceptors (Lipinski definition) is 5. The minimum Gasteiger partial charge on any atom is -0.496 e. The van der Waals surface area contributed by atoms with Crippen molar-refractivity contribution in [3.8, 4) is 5.75 Å². The Labute approximate surface area is 174 Å². The average Bonchev–Trinajstić information content (AvgIpc) is 2.61. The third-order valence-electron chi connectivity index (χ3n) is 4.52. The first-order valence-electron chi connectivity index (χ1n) is 9.48. The number of alkyl halides is 1. The zero-order valence-corrected chi connectivity index (χ0v) is 19.9. The molecule has 164 valence electrons. The maximum atomic E-state index is 15.2. The van der Waals surface area contributed by atoms with E-state index in [1.54, 1.807) is 6.07 Å². The van der Waals surface area contributed by atoms with Crippen LogP contribution in [-0.4, -0.2) is 33.3 Å². The lowest BCUT2D eigenvalue weighted by atomic mass is 9.78. The maximum absolute atomic E-state index is 15.2. The first-order valence-corrected chi connectivity index (χ1v) is 11.5. The molecule has 29 heavy (non-hydrogen) atoms. The largest absolute Gasteiger partial charge is 0.496 e. The van der Waals surface area contributed by atoms with Gasteiger partial charge in [0.2, 0.25) is 0 Å². The molecule has 2 atom stereocenters. The van der Waals surface area contributed by atoms with Crippen LogP contribution in [0.5, 0.6) is 5.75 Å². The number of carbonyl (C=O) groups excluding carboxylic acids is 1. The fourth-order valence-electron chi connectivity index (χ4n) is 2.65. The highest BCUT2D eigenvalue weighted by molar-refractivity contribution is 7.52. The number of methoxy groups -OCH3 is 1. The van der Waals surface area contributed by atoms with Gasteiger partial charge in [0.1, 0.15) is 18.5 Å². The molecule has 2 unspecified atom stereocenters. The van der Waals surface area contributed by atoms with E-state index in [0.29, 0.717) is 11.3 Å². The Bertz CT molecular complexity index is 803. The summed E-state index contributed by atoms with van der Waals surface area (Å²) in [6, 6.07) is 3.84. The Morgan fingerprint density at radius 1 is 1.14 bits per heavy atom. The summed E-state index contributed by atoms with van der Waals surface area (Å²) in [6.45, 7) is 13.1. The van der Waals surface area contributed by atoms with Gasteiger partial charge in [-0.05, 0) is 34.6 Å². The van der Waals surface area contributed by atoms with Crippen molar-refractivity contribution in [1.29, 1.82) is 0 Å². The van der Waals surface area contributed by atoms with Gasteiger partial charge in [-0.15, -0.1) is 0 Å². The van der Waals surface area contributed by atoms with Gasteiger partial charge in [-0.2, -0.15) is 0 Å². The van der Waals surface area contributed by atoms with Crippen molar-refractivity contribution in [1.82, 2.24) is 0 Å². The molecule has 0 aliphatic carbocycles. The van der Waals surface area contributed by atoms with E-state index in [1.165, 1.54) is 20.9 Å². The van der Waals surface area contributed by atoms with E-state index >= 15 is 4.39 Å². The summed E-state index contributed by atoms with van der Waals surface area (Å²) in [6.07, 6.45) is 0.712. The van der Waals surface area contributed by atoms with Gasteiger partial charge in [0.15, 0.2) is 5.78 Å². The monoisotopic (exact) mass is 428 g/mol. The van der Waals surface area contributed by atoms with Crippen LogP contribution < -0.4 is 4.74 Å². The van der Waals surface area contributed by atoms with Gasteiger partial charge in [-0.25, -0.2) is 4.39 Å². The van der Waals surface area contributed by atoms with Gasteiger partial charge in [0.05, 0.1) is 7.11 Å². The summed E-state index contributed by atoms with van der Waals surface area (Å²) in [5.41, 5.74) is 1.82. The van der Waals surface area contributed by atoms with Crippen LogP contribution >= 0.6 is 7.60 Å². The molecule has 7 heteroatoms. The highest BCUT2D eigenvalue weighted by atomic mass is 31.2. The number of hydrogen-bond donors (Lipinski definition) is 0. The number of allylic oxidation sites excluding steroid dienone is 1. The molecule has 0 spiro atoms. The SMILES string of the molecule is COc1c(C(F)C=CC(=O)COP(C)(=O)OC)cc(C(C)(C)C)cc1C(C)(C)C. The van der Waals surface area contributed by atoms with Gasteiger partial charge < -0.3 is 13.8 Å². The molecular weight excluding hydrogens is 394 g/mol. The number of rotatable bonds is 8. The summed E-state index contributed by atoms with van der Waals surface area (Å²) in [5, 5.41) is 0. The van der Waals surface area contributed by atoms with Gasteiger partial charge in [-0.1, -0.05) is 47.6 Å². The molecule has 0 fully saturated rings. The first kappa shape index (κ1) is 25.5. The van der Waals surface area contributed by atoms with Crippen molar-refractivity contribution < 1.29 is 27.5 Å². The number of benzene rings is 1. The van der Waals surface area contributed by atoms with E-state index in [9.17, 15) is 9.36 Å². The molecule has 0 aliphatic heterocycles. The Kier molecular flexibility index (Phi) is 8.41. The fourth-order valence-corrected chi connectivity index (χ4v) is 3.12. The van der Waals surface area contributed by atoms with E-state index in [2.05, 4.69) is 31.4 Å². The molecule has 5 nitrogen and oxygen atoms in total. The van der Waals surface area contributed by atoms with E-state index < -0.39 is 26.2 Å². The lowest BCUT2D eigenvalue weighted by Crippen LogP contribution is -2.19. The van der Waals surface area contributed by atoms with Crippen LogP contribution in [0.1, 0.15) is 64.4 Å². The second-order valence-corrected chi connectivity index (χ2v) is 11.3. The molecule has 0 N–H and O–H groups in total. The van der Waals surface area contributed by atoms with Crippen molar-refractivity contribution >= 4 is 13.4 Å². The summed E-state index contributed by atoms with van der Waals surface area (Å²) >= 11 is 0. The van der Waals surface area contributed by atoms with Crippen LogP contribution in [-0.2, 0) is 29.2 Å². The summed E-state index contributed by atoms with van der Waals surface area (Å²) in [7, 11) is -0.511. The number of ketones is 1. The quantitative estimate of drug-likeness (QED) is 0.380.